The van der Waals surface area contributed by atoms with Gasteiger partial charge < -0.3 is 24.3 Å². The standard InChI is InChI=1S/C19H30N4O4/c1-14-16(18(24)22-9-4-3-5-10-22)21-17(27-14)15-6-11-23(12-7-15)19(25)20-8-13-26-2/h15H,3-13H2,1-2H3,(H,20,25). The summed E-state index contributed by atoms with van der Waals surface area (Å²) in [5, 5.41) is 2.85. The van der Waals surface area contributed by atoms with E-state index < -0.39 is 0 Å². The summed E-state index contributed by atoms with van der Waals surface area (Å²) in [6, 6.07) is -0.0601. The van der Waals surface area contributed by atoms with Crippen LogP contribution in [0.1, 0.15) is 60.2 Å². The van der Waals surface area contributed by atoms with Gasteiger partial charge in [-0.2, -0.15) is 0 Å². The molecule has 3 heterocycles. The van der Waals surface area contributed by atoms with E-state index in [1.807, 2.05) is 16.7 Å². The maximum atomic E-state index is 12.7. The number of urea groups is 1. The van der Waals surface area contributed by atoms with Crippen molar-refractivity contribution in [2.45, 2.75) is 44.9 Å². The summed E-state index contributed by atoms with van der Waals surface area (Å²) >= 11 is 0. The van der Waals surface area contributed by atoms with Crippen molar-refractivity contribution >= 4 is 11.9 Å². The van der Waals surface area contributed by atoms with Gasteiger partial charge >= 0.3 is 6.03 Å². The molecule has 1 aromatic heterocycles. The van der Waals surface area contributed by atoms with Gasteiger partial charge in [-0.25, -0.2) is 9.78 Å². The van der Waals surface area contributed by atoms with Gasteiger partial charge in [0.05, 0.1) is 6.61 Å². The van der Waals surface area contributed by atoms with E-state index in [0.29, 0.717) is 43.6 Å². The molecular weight excluding hydrogens is 348 g/mol. The summed E-state index contributed by atoms with van der Waals surface area (Å²) in [5.74, 6) is 1.36. The molecule has 0 saturated carbocycles. The van der Waals surface area contributed by atoms with Crippen LogP contribution in [-0.2, 0) is 4.74 Å². The molecular formula is C19H30N4O4. The number of piperidine rings is 2. The normalized spacial score (nSPS) is 18.6. The van der Waals surface area contributed by atoms with Crippen LogP contribution in [0, 0.1) is 6.92 Å². The molecule has 0 aromatic carbocycles. The number of ether oxygens (including phenoxy) is 1. The molecule has 2 aliphatic heterocycles. The highest BCUT2D eigenvalue weighted by molar-refractivity contribution is 5.93. The zero-order valence-electron chi connectivity index (χ0n) is 16.3. The molecule has 3 amide bonds. The van der Waals surface area contributed by atoms with Crippen molar-refractivity contribution in [2.24, 2.45) is 0 Å². The van der Waals surface area contributed by atoms with Crippen LogP contribution in [0.2, 0.25) is 0 Å². The predicted molar refractivity (Wildman–Crippen MR) is 99.8 cm³/mol. The van der Waals surface area contributed by atoms with Crippen LogP contribution in [0.25, 0.3) is 0 Å². The summed E-state index contributed by atoms with van der Waals surface area (Å²) in [7, 11) is 1.61. The van der Waals surface area contributed by atoms with Crippen molar-refractivity contribution in [1.29, 1.82) is 0 Å². The zero-order chi connectivity index (χ0) is 19.2. The largest absolute Gasteiger partial charge is 0.445 e. The van der Waals surface area contributed by atoms with Gasteiger partial charge in [-0.05, 0) is 39.0 Å². The summed E-state index contributed by atoms with van der Waals surface area (Å²) in [6.07, 6.45) is 4.87. The highest BCUT2D eigenvalue weighted by Gasteiger charge is 2.30. The van der Waals surface area contributed by atoms with Crippen molar-refractivity contribution in [2.75, 3.05) is 46.4 Å². The number of methoxy groups -OCH3 is 1. The average Bonchev–Trinajstić information content (AvgIpc) is 3.10. The lowest BCUT2D eigenvalue weighted by atomic mass is 9.97. The summed E-state index contributed by atoms with van der Waals surface area (Å²) < 4.78 is 10.8. The highest BCUT2D eigenvalue weighted by Crippen LogP contribution is 2.29. The number of nitrogens with zero attached hydrogens (tertiary/aromatic N) is 3. The third kappa shape index (κ3) is 4.80. The Kier molecular flexibility index (Phi) is 6.71. The summed E-state index contributed by atoms with van der Waals surface area (Å²) in [5.41, 5.74) is 0.451. The van der Waals surface area contributed by atoms with Crippen molar-refractivity contribution in [3.63, 3.8) is 0 Å². The molecule has 1 aromatic rings. The summed E-state index contributed by atoms with van der Waals surface area (Å²) in [6.45, 7) is 5.74. The van der Waals surface area contributed by atoms with Gasteiger partial charge in [0, 0.05) is 45.8 Å². The number of likely N-dealkylation sites (tertiary alicyclic amines) is 2. The Morgan fingerprint density at radius 3 is 2.52 bits per heavy atom. The number of carbonyl (C=O) groups is 2. The smallest absolute Gasteiger partial charge is 0.317 e. The number of hydrogen-bond acceptors (Lipinski definition) is 5. The number of hydrogen-bond donors (Lipinski definition) is 1. The van der Waals surface area contributed by atoms with E-state index in [0.717, 1.165) is 38.8 Å². The van der Waals surface area contributed by atoms with E-state index in [4.69, 9.17) is 9.15 Å². The first-order valence-electron chi connectivity index (χ1n) is 9.88. The van der Waals surface area contributed by atoms with Gasteiger partial charge in [0.2, 0.25) is 0 Å². The molecule has 0 atom stereocenters. The van der Waals surface area contributed by atoms with E-state index in [1.54, 1.807) is 7.11 Å². The maximum Gasteiger partial charge on any atom is 0.317 e. The van der Waals surface area contributed by atoms with Crippen molar-refractivity contribution in [3.8, 4) is 0 Å². The molecule has 0 unspecified atom stereocenters. The molecule has 3 rings (SSSR count). The minimum absolute atomic E-state index is 0.0165. The third-order valence-electron chi connectivity index (χ3n) is 5.37. The topological polar surface area (TPSA) is 87.9 Å². The van der Waals surface area contributed by atoms with Gasteiger partial charge in [0.25, 0.3) is 5.91 Å². The second-order valence-corrected chi connectivity index (χ2v) is 7.30. The number of aromatic nitrogens is 1. The molecule has 150 valence electrons. The van der Waals surface area contributed by atoms with Gasteiger partial charge in [0.15, 0.2) is 11.6 Å². The van der Waals surface area contributed by atoms with Crippen molar-refractivity contribution in [1.82, 2.24) is 20.1 Å². The Morgan fingerprint density at radius 1 is 1.15 bits per heavy atom. The van der Waals surface area contributed by atoms with Crippen LogP contribution >= 0.6 is 0 Å². The average molecular weight is 378 g/mol. The number of aryl methyl sites for hydroxylation is 1. The lowest BCUT2D eigenvalue weighted by Crippen LogP contribution is -2.45. The van der Waals surface area contributed by atoms with Crippen LogP contribution in [0.4, 0.5) is 4.79 Å². The SMILES string of the molecule is COCCNC(=O)N1CCC(c2nc(C(=O)N3CCCCC3)c(C)o2)CC1. The minimum Gasteiger partial charge on any atom is -0.445 e. The van der Waals surface area contributed by atoms with E-state index in [-0.39, 0.29) is 17.9 Å². The van der Waals surface area contributed by atoms with E-state index >= 15 is 0 Å². The van der Waals surface area contributed by atoms with Gasteiger partial charge in [-0.3, -0.25) is 4.79 Å². The molecule has 2 saturated heterocycles. The lowest BCUT2D eigenvalue weighted by Gasteiger charge is -2.30. The zero-order valence-corrected chi connectivity index (χ0v) is 16.3. The number of carbonyl (C=O) groups excluding carboxylic acids is 2. The third-order valence-corrected chi connectivity index (χ3v) is 5.37. The van der Waals surface area contributed by atoms with E-state index in [2.05, 4.69) is 10.3 Å². The molecule has 8 heteroatoms. The van der Waals surface area contributed by atoms with Crippen LogP contribution in [0.5, 0.6) is 0 Å². The molecule has 1 N–H and O–H groups in total. The number of rotatable bonds is 5. The second kappa shape index (κ2) is 9.21. The Labute approximate surface area is 160 Å². The molecule has 2 aliphatic rings. The molecule has 0 aliphatic carbocycles. The molecule has 27 heavy (non-hydrogen) atoms. The number of nitrogens with one attached hydrogen (secondary N) is 1. The first kappa shape index (κ1) is 19.7. The second-order valence-electron chi connectivity index (χ2n) is 7.30. The molecule has 8 nitrogen and oxygen atoms in total. The van der Waals surface area contributed by atoms with E-state index in [1.165, 1.54) is 6.42 Å². The van der Waals surface area contributed by atoms with Crippen LogP contribution in [-0.4, -0.2) is 73.2 Å². The van der Waals surface area contributed by atoms with Gasteiger partial charge in [-0.1, -0.05) is 0 Å². The van der Waals surface area contributed by atoms with Gasteiger partial charge in [-0.15, -0.1) is 0 Å². The molecule has 0 spiro atoms. The highest BCUT2D eigenvalue weighted by atomic mass is 16.5. The van der Waals surface area contributed by atoms with Crippen LogP contribution < -0.4 is 5.32 Å². The fraction of sp³-hybridized carbons (Fsp3) is 0.737. The maximum absolute atomic E-state index is 12.7. The minimum atomic E-state index is -0.0601. The van der Waals surface area contributed by atoms with E-state index in [9.17, 15) is 9.59 Å². The van der Waals surface area contributed by atoms with Crippen LogP contribution in [0.3, 0.4) is 0 Å². The van der Waals surface area contributed by atoms with Gasteiger partial charge in [0.1, 0.15) is 5.76 Å². The summed E-state index contributed by atoms with van der Waals surface area (Å²) in [4.78, 5) is 33.1. The lowest BCUT2D eigenvalue weighted by molar-refractivity contribution is 0.0717. The Balaban J connectivity index is 1.55. The van der Waals surface area contributed by atoms with Crippen LogP contribution in [0.15, 0.2) is 4.42 Å². The van der Waals surface area contributed by atoms with Crippen molar-refractivity contribution in [3.05, 3.63) is 17.3 Å². The number of oxazole rings is 1. The Hall–Kier alpha value is -2.09. The Bertz CT molecular complexity index is 646. The Morgan fingerprint density at radius 2 is 1.85 bits per heavy atom. The number of amides is 3. The first-order chi connectivity index (χ1) is 13.1. The fourth-order valence-electron chi connectivity index (χ4n) is 3.74. The molecule has 0 radical (unpaired) electrons. The molecule has 2 fully saturated rings. The van der Waals surface area contributed by atoms with Crippen molar-refractivity contribution < 1.29 is 18.7 Å². The fourth-order valence-corrected chi connectivity index (χ4v) is 3.74. The monoisotopic (exact) mass is 378 g/mol. The first-order valence-corrected chi connectivity index (χ1v) is 9.88. The quantitative estimate of drug-likeness (QED) is 0.793. The predicted octanol–water partition coefficient (Wildman–Crippen LogP) is 2.14. The molecule has 0 bridgehead atoms.